The van der Waals surface area contributed by atoms with Crippen LogP contribution in [-0.4, -0.2) is 46.9 Å². The molecule has 1 fully saturated rings. The van der Waals surface area contributed by atoms with Crippen molar-refractivity contribution in [3.05, 3.63) is 35.4 Å². The molecule has 1 heterocycles. The van der Waals surface area contributed by atoms with Crippen molar-refractivity contribution in [2.45, 2.75) is 83.6 Å². The Hall–Kier alpha value is -2.22. The molecule has 7 nitrogen and oxygen atoms in total. The fourth-order valence-electron chi connectivity index (χ4n) is 4.23. The van der Waals surface area contributed by atoms with Gasteiger partial charge in [-0.05, 0) is 70.6 Å². The largest absolute Gasteiger partial charge is 0.393 e. The summed E-state index contributed by atoms with van der Waals surface area (Å²) in [5, 5.41) is 20.6. The molecule has 1 saturated carbocycles. The molecule has 0 spiro atoms. The standard InChI is InChI=1S/C24H37N5O2/c1-4-18(28-19-6-8-20(30)9-7-19)11-12-26-23-21(24(31)27-16(3)25)14-17-13-15(2)5-10-22(17)29-23/h5,10,13-14,16,18-20,28,30H,4,6-9,11-12,25H2,1-3H3,(H,26,29)(H,27,31). The molecular weight excluding hydrogens is 390 g/mol. The molecule has 0 saturated heterocycles. The minimum absolute atomic E-state index is 0.136. The van der Waals surface area contributed by atoms with Crippen LogP contribution in [0.4, 0.5) is 5.82 Å². The van der Waals surface area contributed by atoms with Crippen LogP contribution < -0.4 is 21.7 Å². The molecule has 31 heavy (non-hydrogen) atoms. The van der Waals surface area contributed by atoms with Crippen LogP contribution in [0.1, 0.15) is 68.3 Å². The molecular formula is C24H37N5O2. The van der Waals surface area contributed by atoms with E-state index >= 15 is 0 Å². The number of rotatable bonds is 9. The zero-order valence-electron chi connectivity index (χ0n) is 18.9. The average molecular weight is 428 g/mol. The number of pyridine rings is 1. The number of nitrogens with one attached hydrogen (secondary N) is 3. The minimum atomic E-state index is -0.434. The maximum absolute atomic E-state index is 12.7. The maximum Gasteiger partial charge on any atom is 0.256 e. The third-order valence-electron chi connectivity index (χ3n) is 6.02. The highest BCUT2D eigenvalue weighted by Gasteiger charge is 2.21. The Balaban J connectivity index is 1.68. The topological polar surface area (TPSA) is 112 Å². The van der Waals surface area contributed by atoms with Crippen molar-refractivity contribution in [3.8, 4) is 0 Å². The van der Waals surface area contributed by atoms with Crippen LogP contribution in [0, 0.1) is 6.92 Å². The Bertz CT molecular complexity index is 878. The number of hydrogen-bond acceptors (Lipinski definition) is 6. The number of aliphatic hydroxyl groups excluding tert-OH is 1. The van der Waals surface area contributed by atoms with E-state index in [0.717, 1.165) is 55.0 Å². The summed E-state index contributed by atoms with van der Waals surface area (Å²) in [5.74, 6) is 0.365. The lowest BCUT2D eigenvalue weighted by Crippen LogP contribution is -2.42. The summed E-state index contributed by atoms with van der Waals surface area (Å²) in [7, 11) is 0. The highest BCUT2D eigenvalue weighted by Crippen LogP contribution is 2.23. The second kappa shape index (κ2) is 10.9. The normalized spacial score (nSPS) is 20.9. The molecule has 0 aliphatic heterocycles. The molecule has 0 bridgehead atoms. The molecule has 3 rings (SSSR count). The van der Waals surface area contributed by atoms with E-state index in [-0.39, 0.29) is 12.0 Å². The molecule has 2 aromatic rings. The number of benzene rings is 1. The van der Waals surface area contributed by atoms with Crippen molar-refractivity contribution in [2.75, 3.05) is 11.9 Å². The Kier molecular flexibility index (Phi) is 8.23. The first-order chi connectivity index (χ1) is 14.9. The molecule has 2 atom stereocenters. The summed E-state index contributed by atoms with van der Waals surface area (Å²) in [4.78, 5) is 17.5. The van der Waals surface area contributed by atoms with Gasteiger partial charge in [0.1, 0.15) is 5.82 Å². The molecule has 1 aromatic carbocycles. The number of aryl methyl sites for hydroxylation is 1. The Morgan fingerprint density at radius 2 is 2.00 bits per heavy atom. The summed E-state index contributed by atoms with van der Waals surface area (Å²) in [5.41, 5.74) is 8.27. The number of fused-ring (bicyclic) bond motifs is 1. The summed E-state index contributed by atoms with van der Waals surface area (Å²) in [6.45, 7) is 6.67. The monoisotopic (exact) mass is 427 g/mol. The van der Waals surface area contributed by atoms with E-state index in [0.29, 0.717) is 30.0 Å². The number of nitrogens with zero attached hydrogens (tertiary/aromatic N) is 1. The van der Waals surface area contributed by atoms with Crippen molar-refractivity contribution in [1.29, 1.82) is 0 Å². The van der Waals surface area contributed by atoms with Crippen LogP contribution in [-0.2, 0) is 0 Å². The van der Waals surface area contributed by atoms with Gasteiger partial charge in [0.15, 0.2) is 0 Å². The fraction of sp³-hybridized carbons (Fsp3) is 0.583. The number of carbonyl (C=O) groups is 1. The number of carbonyl (C=O) groups excluding carboxylic acids is 1. The highest BCUT2D eigenvalue weighted by molar-refractivity contribution is 6.02. The predicted octanol–water partition coefficient (Wildman–Crippen LogP) is 3.05. The lowest BCUT2D eigenvalue weighted by molar-refractivity contribution is 0.0942. The number of hydrogen-bond donors (Lipinski definition) is 5. The van der Waals surface area contributed by atoms with E-state index in [1.54, 1.807) is 6.92 Å². The Labute approximate surface area is 185 Å². The first-order valence-corrected chi connectivity index (χ1v) is 11.5. The van der Waals surface area contributed by atoms with Gasteiger partial charge >= 0.3 is 0 Å². The third kappa shape index (κ3) is 6.63. The van der Waals surface area contributed by atoms with Gasteiger partial charge in [-0.1, -0.05) is 18.6 Å². The molecule has 0 radical (unpaired) electrons. The molecule has 6 N–H and O–H groups in total. The van der Waals surface area contributed by atoms with Gasteiger partial charge in [-0.15, -0.1) is 0 Å². The van der Waals surface area contributed by atoms with Gasteiger partial charge in [0, 0.05) is 24.0 Å². The maximum atomic E-state index is 12.7. The number of anilines is 1. The molecule has 1 amide bonds. The quantitative estimate of drug-likeness (QED) is 0.393. The van der Waals surface area contributed by atoms with Gasteiger partial charge in [0.2, 0.25) is 0 Å². The van der Waals surface area contributed by atoms with Crippen molar-refractivity contribution >= 4 is 22.6 Å². The summed E-state index contributed by atoms with van der Waals surface area (Å²) >= 11 is 0. The van der Waals surface area contributed by atoms with E-state index in [1.807, 2.05) is 31.2 Å². The van der Waals surface area contributed by atoms with Crippen molar-refractivity contribution < 1.29 is 9.90 Å². The summed E-state index contributed by atoms with van der Waals surface area (Å²) in [6.07, 6.45) is 5.20. The van der Waals surface area contributed by atoms with Gasteiger partial charge in [0.25, 0.3) is 5.91 Å². The second-order valence-electron chi connectivity index (χ2n) is 8.84. The molecule has 1 aliphatic carbocycles. The van der Waals surface area contributed by atoms with Crippen LogP contribution in [0.5, 0.6) is 0 Å². The number of amides is 1. The first-order valence-electron chi connectivity index (χ1n) is 11.5. The fourth-order valence-corrected chi connectivity index (χ4v) is 4.23. The van der Waals surface area contributed by atoms with Crippen LogP contribution in [0.15, 0.2) is 24.3 Å². The van der Waals surface area contributed by atoms with Gasteiger partial charge in [-0.2, -0.15) is 0 Å². The smallest absolute Gasteiger partial charge is 0.256 e. The lowest BCUT2D eigenvalue weighted by atomic mass is 9.92. The average Bonchev–Trinajstić information content (AvgIpc) is 2.73. The van der Waals surface area contributed by atoms with E-state index < -0.39 is 6.17 Å². The SMILES string of the molecule is CCC(CCNc1nc2ccc(C)cc2cc1C(=O)NC(C)N)NC1CCC(O)CC1. The van der Waals surface area contributed by atoms with Crippen LogP contribution in [0.3, 0.4) is 0 Å². The second-order valence-corrected chi connectivity index (χ2v) is 8.84. The number of nitrogens with two attached hydrogens (primary N) is 1. The Morgan fingerprint density at radius 1 is 1.26 bits per heavy atom. The zero-order valence-corrected chi connectivity index (χ0v) is 18.9. The van der Waals surface area contributed by atoms with Gasteiger partial charge < -0.3 is 26.8 Å². The predicted molar refractivity (Wildman–Crippen MR) is 126 cm³/mol. The highest BCUT2D eigenvalue weighted by atomic mass is 16.3. The van der Waals surface area contributed by atoms with Gasteiger partial charge in [0.05, 0.1) is 23.3 Å². The minimum Gasteiger partial charge on any atom is -0.393 e. The van der Waals surface area contributed by atoms with E-state index in [9.17, 15) is 9.90 Å². The van der Waals surface area contributed by atoms with Crippen molar-refractivity contribution in [2.24, 2.45) is 5.73 Å². The summed E-state index contributed by atoms with van der Waals surface area (Å²) in [6, 6.07) is 8.79. The Morgan fingerprint density at radius 3 is 2.68 bits per heavy atom. The number of aromatic nitrogens is 1. The van der Waals surface area contributed by atoms with Crippen LogP contribution >= 0.6 is 0 Å². The van der Waals surface area contributed by atoms with Crippen LogP contribution in [0.25, 0.3) is 10.9 Å². The van der Waals surface area contributed by atoms with Crippen molar-refractivity contribution in [1.82, 2.24) is 15.6 Å². The molecule has 1 aromatic heterocycles. The van der Waals surface area contributed by atoms with Crippen LogP contribution in [0.2, 0.25) is 0 Å². The molecule has 7 heteroatoms. The van der Waals surface area contributed by atoms with E-state index in [2.05, 4.69) is 22.9 Å². The van der Waals surface area contributed by atoms with Crippen molar-refractivity contribution in [3.63, 3.8) is 0 Å². The molecule has 2 unspecified atom stereocenters. The first kappa shape index (κ1) is 23.4. The van der Waals surface area contributed by atoms with E-state index in [1.165, 1.54) is 0 Å². The molecule has 1 aliphatic rings. The summed E-state index contributed by atoms with van der Waals surface area (Å²) < 4.78 is 0. The van der Waals surface area contributed by atoms with Gasteiger partial charge in [-0.3, -0.25) is 4.79 Å². The van der Waals surface area contributed by atoms with Gasteiger partial charge in [-0.25, -0.2) is 4.98 Å². The molecule has 170 valence electrons. The third-order valence-corrected chi connectivity index (χ3v) is 6.02. The number of aliphatic hydroxyl groups is 1. The zero-order chi connectivity index (χ0) is 22.4. The van der Waals surface area contributed by atoms with E-state index in [4.69, 9.17) is 10.7 Å². The lowest BCUT2D eigenvalue weighted by Gasteiger charge is -2.30.